The van der Waals surface area contributed by atoms with E-state index in [0.29, 0.717) is 13.0 Å². The van der Waals surface area contributed by atoms with Crippen LogP contribution in [0.5, 0.6) is 0 Å². The molecule has 0 heterocycles. The van der Waals surface area contributed by atoms with Crippen LogP contribution in [-0.2, 0) is 0 Å². The van der Waals surface area contributed by atoms with Crippen LogP contribution < -0.4 is 11.5 Å². The molecule has 0 fully saturated rings. The van der Waals surface area contributed by atoms with E-state index >= 15 is 0 Å². The highest BCUT2D eigenvalue weighted by Crippen LogP contribution is 1.70. The van der Waals surface area contributed by atoms with E-state index in [-0.39, 0.29) is 6.67 Å². The van der Waals surface area contributed by atoms with Crippen molar-refractivity contribution < 1.29 is 14.3 Å². The Balaban J connectivity index is 0. The molecule has 0 aromatic carbocycles. The topological polar surface area (TPSA) is 89.3 Å². The first-order chi connectivity index (χ1) is 4.15. The third kappa shape index (κ3) is 142. The Kier molecular flexibility index (Phi) is 12.5. The monoisotopic (exact) mass is 138 g/mol. The van der Waals surface area contributed by atoms with Crippen molar-refractivity contribution in [3.63, 3.8) is 0 Å². The Bertz CT molecular complexity index is 63.6. The summed E-state index contributed by atoms with van der Waals surface area (Å²) in [5, 5.41) is 7.19. The maximum Gasteiger partial charge on any atom is 0.402 e. The summed E-state index contributed by atoms with van der Waals surface area (Å²) in [7, 11) is 0. The standard InChI is InChI=1S/C3H8FN.CH3NO2/c4-2-1-3-5;2-1(3)4/h1-3,5H2;2H2,(H,3,4). The highest BCUT2D eigenvalue weighted by molar-refractivity contribution is 5.61. The fraction of sp³-hybridized carbons (Fsp3) is 0.750. The molecule has 0 aliphatic carbocycles. The van der Waals surface area contributed by atoms with Gasteiger partial charge in [0, 0.05) is 0 Å². The van der Waals surface area contributed by atoms with E-state index in [1.807, 2.05) is 0 Å². The molecular weight excluding hydrogens is 127 g/mol. The summed E-state index contributed by atoms with van der Waals surface area (Å²) >= 11 is 0. The van der Waals surface area contributed by atoms with E-state index in [9.17, 15) is 4.39 Å². The molecule has 9 heavy (non-hydrogen) atoms. The maximum absolute atomic E-state index is 10.9. The Morgan fingerprint density at radius 3 is 2.00 bits per heavy atom. The molecule has 0 spiro atoms. The van der Waals surface area contributed by atoms with E-state index < -0.39 is 6.09 Å². The van der Waals surface area contributed by atoms with Crippen molar-refractivity contribution in [1.82, 2.24) is 0 Å². The van der Waals surface area contributed by atoms with Gasteiger partial charge >= 0.3 is 6.09 Å². The van der Waals surface area contributed by atoms with Crippen LogP contribution in [0, 0.1) is 0 Å². The molecule has 0 radical (unpaired) electrons. The van der Waals surface area contributed by atoms with E-state index in [4.69, 9.17) is 15.6 Å². The predicted octanol–water partition coefficient (Wildman–Crippen LogP) is -0.0722. The molecule has 5 heteroatoms. The number of primary amides is 1. The van der Waals surface area contributed by atoms with Gasteiger partial charge in [0.15, 0.2) is 0 Å². The number of rotatable bonds is 2. The van der Waals surface area contributed by atoms with Crippen LogP contribution in [0.25, 0.3) is 0 Å². The van der Waals surface area contributed by atoms with Crippen LogP contribution in [0.15, 0.2) is 0 Å². The molecule has 0 rings (SSSR count). The minimum atomic E-state index is -1.33. The quantitative estimate of drug-likeness (QED) is 0.498. The van der Waals surface area contributed by atoms with Gasteiger partial charge in [0.2, 0.25) is 0 Å². The molecule has 0 unspecified atom stereocenters. The lowest BCUT2D eigenvalue weighted by molar-refractivity contribution is 0.205. The van der Waals surface area contributed by atoms with Crippen molar-refractivity contribution in [2.75, 3.05) is 13.2 Å². The van der Waals surface area contributed by atoms with Gasteiger partial charge in [0.05, 0.1) is 6.67 Å². The molecule has 0 aliphatic heterocycles. The van der Waals surface area contributed by atoms with E-state index in [1.165, 1.54) is 0 Å². The number of halogens is 1. The zero-order valence-electron chi connectivity index (χ0n) is 5.01. The van der Waals surface area contributed by atoms with Gasteiger partial charge in [-0.2, -0.15) is 0 Å². The van der Waals surface area contributed by atoms with Gasteiger partial charge < -0.3 is 16.6 Å². The summed E-state index contributed by atoms with van der Waals surface area (Å²) < 4.78 is 10.9. The Morgan fingerprint density at radius 2 is 2.00 bits per heavy atom. The molecule has 0 bridgehead atoms. The number of carbonyl (C=O) groups is 1. The smallest absolute Gasteiger partial charge is 0.402 e. The maximum atomic E-state index is 10.9. The fourth-order valence-corrected chi connectivity index (χ4v) is 0.0772. The second-order valence-electron chi connectivity index (χ2n) is 1.17. The van der Waals surface area contributed by atoms with Crippen molar-refractivity contribution in [1.29, 1.82) is 0 Å². The zero-order chi connectivity index (χ0) is 7.70. The van der Waals surface area contributed by atoms with Crippen molar-refractivity contribution in [2.45, 2.75) is 6.42 Å². The van der Waals surface area contributed by atoms with E-state index in [0.717, 1.165) is 0 Å². The highest BCUT2D eigenvalue weighted by atomic mass is 19.1. The summed E-state index contributed by atoms with van der Waals surface area (Å²) in [5.74, 6) is 0. The molecule has 0 saturated heterocycles. The minimum absolute atomic E-state index is 0.281. The second kappa shape index (κ2) is 10.2. The van der Waals surface area contributed by atoms with Gasteiger partial charge in [-0.05, 0) is 13.0 Å². The first kappa shape index (κ1) is 11.0. The minimum Gasteiger partial charge on any atom is -0.465 e. The van der Waals surface area contributed by atoms with Crippen LogP contribution in [0.4, 0.5) is 9.18 Å². The summed E-state index contributed by atoms with van der Waals surface area (Å²) in [5.41, 5.74) is 8.93. The van der Waals surface area contributed by atoms with Crippen LogP contribution in [0.3, 0.4) is 0 Å². The third-order valence-corrected chi connectivity index (χ3v) is 0.338. The number of hydrogen-bond donors (Lipinski definition) is 3. The highest BCUT2D eigenvalue weighted by Gasteiger charge is 1.71. The molecular formula is C4H11FN2O2. The average Bonchev–Trinajstić information content (AvgIpc) is 1.66. The Hall–Kier alpha value is -0.840. The largest absolute Gasteiger partial charge is 0.465 e. The van der Waals surface area contributed by atoms with Crippen LogP contribution in [0.2, 0.25) is 0 Å². The Morgan fingerprint density at radius 1 is 1.67 bits per heavy atom. The van der Waals surface area contributed by atoms with Gasteiger partial charge in [-0.25, -0.2) is 4.79 Å². The molecule has 0 aliphatic rings. The first-order valence-corrected chi connectivity index (χ1v) is 2.39. The van der Waals surface area contributed by atoms with Crippen LogP contribution >= 0.6 is 0 Å². The first-order valence-electron chi connectivity index (χ1n) is 2.39. The molecule has 0 atom stereocenters. The molecule has 4 nitrogen and oxygen atoms in total. The van der Waals surface area contributed by atoms with Gasteiger partial charge in [-0.3, -0.25) is 4.39 Å². The molecule has 0 saturated carbocycles. The van der Waals surface area contributed by atoms with Crippen molar-refractivity contribution in [2.24, 2.45) is 11.5 Å². The lowest BCUT2D eigenvalue weighted by Crippen LogP contribution is -2.03. The number of amides is 1. The Labute approximate surface area is 52.6 Å². The number of hydrogen-bond acceptors (Lipinski definition) is 2. The lowest BCUT2D eigenvalue weighted by atomic mass is 10.5. The van der Waals surface area contributed by atoms with Crippen molar-refractivity contribution in [3.8, 4) is 0 Å². The predicted molar refractivity (Wildman–Crippen MR) is 31.9 cm³/mol. The number of alkyl halides is 1. The number of carboxylic acid groups (broad SMARTS) is 1. The van der Waals surface area contributed by atoms with Crippen molar-refractivity contribution in [3.05, 3.63) is 0 Å². The molecule has 5 N–H and O–H groups in total. The van der Waals surface area contributed by atoms with E-state index in [2.05, 4.69) is 5.73 Å². The molecule has 1 amide bonds. The third-order valence-electron chi connectivity index (χ3n) is 0.338. The summed E-state index contributed by atoms with van der Waals surface area (Å²) in [6, 6.07) is 0. The summed E-state index contributed by atoms with van der Waals surface area (Å²) in [6.45, 7) is 0.188. The fourth-order valence-electron chi connectivity index (χ4n) is 0.0772. The SMILES string of the molecule is NC(=O)O.NCCCF. The van der Waals surface area contributed by atoms with Crippen LogP contribution in [0.1, 0.15) is 6.42 Å². The van der Waals surface area contributed by atoms with Gasteiger partial charge in [-0.1, -0.05) is 0 Å². The molecule has 56 valence electrons. The number of nitrogens with two attached hydrogens (primary N) is 2. The summed E-state index contributed by atoms with van der Waals surface area (Å²) in [4.78, 5) is 8.78. The lowest BCUT2D eigenvalue weighted by Gasteiger charge is -1.77. The van der Waals surface area contributed by atoms with Gasteiger partial charge in [-0.15, -0.1) is 0 Å². The molecule has 0 aromatic rings. The second-order valence-corrected chi connectivity index (χ2v) is 1.17. The average molecular weight is 138 g/mol. The molecule has 0 aromatic heterocycles. The van der Waals surface area contributed by atoms with Gasteiger partial charge in [0.1, 0.15) is 0 Å². The van der Waals surface area contributed by atoms with Gasteiger partial charge in [0.25, 0.3) is 0 Å². The van der Waals surface area contributed by atoms with Crippen molar-refractivity contribution >= 4 is 6.09 Å². The normalized spacial score (nSPS) is 7.33. The van der Waals surface area contributed by atoms with Crippen LogP contribution in [-0.4, -0.2) is 24.4 Å². The van der Waals surface area contributed by atoms with E-state index in [1.54, 1.807) is 0 Å². The summed E-state index contributed by atoms with van der Waals surface area (Å²) in [6.07, 6.45) is -0.833. The zero-order valence-corrected chi connectivity index (χ0v) is 5.01.